The van der Waals surface area contributed by atoms with Gasteiger partial charge in [-0.05, 0) is 23.3 Å². The molecular formula is C26H23N3O2. The van der Waals surface area contributed by atoms with Gasteiger partial charge in [0.2, 0.25) is 11.8 Å². The van der Waals surface area contributed by atoms with Gasteiger partial charge in [0, 0.05) is 13.0 Å². The van der Waals surface area contributed by atoms with E-state index >= 15 is 0 Å². The third kappa shape index (κ3) is 4.12. The monoisotopic (exact) mass is 409 g/mol. The molecule has 1 aliphatic heterocycles. The van der Waals surface area contributed by atoms with Gasteiger partial charge < -0.3 is 9.64 Å². The van der Waals surface area contributed by atoms with Crippen LogP contribution < -0.4 is 4.74 Å². The van der Waals surface area contributed by atoms with Gasteiger partial charge in [-0.25, -0.2) is 9.97 Å². The second kappa shape index (κ2) is 8.56. The zero-order valence-electron chi connectivity index (χ0n) is 17.1. The Morgan fingerprint density at radius 1 is 0.871 bits per heavy atom. The zero-order chi connectivity index (χ0) is 21.0. The molecule has 2 heterocycles. The highest BCUT2D eigenvalue weighted by molar-refractivity contribution is 5.87. The molecule has 0 radical (unpaired) electrons. The number of likely N-dealkylation sites (tertiary alicyclic amines) is 1. The van der Waals surface area contributed by atoms with Gasteiger partial charge in [-0.2, -0.15) is 0 Å². The summed E-state index contributed by atoms with van der Waals surface area (Å²) >= 11 is 0. The molecule has 1 amide bonds. The van der Waals surface area contributed by atoms with Gasteiger partial charge in [-0.3, -0.25) is 4.79 Å². The summed E-state index contributed by atoms with van der Waals surface area (Å²) in [5.41, 5.74) is 3.65. The molecule has 4 aromatic rings. The molecule has 1 unspecified atom stereocenters. The van der Waals surface area contributed by atoms with E-state index in [0.29, 0.717) is 19.0 Å². The summed E-state index contributed by atoms with van der Waals surface area (Å²) in [7, 11) is 0. The largest absolute Gasteiger partial charge is 0.471 e. The SMILES string of the molecule is O=C(C(c1ccccc1)c1ccccc1)N1CCC(Oc2cnc3ccccc3n2)C1. The highest BCUT2D eigenvalue weighted by Crippen LogP contribution is 2.29. The second-order valence-corrected chi connectivity index (χ2v) is 7.76. The molecule has 0 spiro atoms. The van der Waals surface area contributed by atoms with Gasteiger partial charge in [0.25, 0.3) is 0 Å². The zero-order valence-corrected chi connectivity index (χ0v) is 17.1. The third-order valence-corrected chi connectivity index (χ3v) is 5.68. The Bertz CT molecular complexity index is 1140. The van der Waals surface area contributed by atoms with Crippen molar-refractivity contribution in [2.24, 2.45) is 0 Å². The van der Waals surface area contributed by atoms with E-state index in [9.17, 15) is 4.79 Å². The molecule has 1 aliphatic rings. The van der Waals surface area contributed by atoms with E-state index in [-0.39, 0.29) is 17.9 Å². The lowest BCUT2D eigenvalue weighted by atomic mass is 9.90. The van der Waals surface area contributed by atoms with Crippen LogP contribution in [0.4, 0.5) is 0 Å². The van der Waals surface area contributed by atoms with Gasteiger partial charge in [-0.1, -0.05) is 72.8 Å². The lowest BCUT2D eigenvalue weighted by Gasteiger charge is -2.24. The summed E-state index contributed by atoms with van der Waals surface area (Å²) in [6.07, 6.45) is 2.34. The molecule has 5 heteroatoms. The molecule has 1 saturated heterocycles. The number of rotatable bonds is 5. The Morgan fingerprint density at radius 2 is 1.48 bits per heavy atom. The van der Waals surface area contributed by atoms with E-state index in [1.165, 1.54) is 0 Å². The molecule has 0 bridgehead atoms. The quantitative estimate of drug-likeness (QED) is 0.489. The molecule has 1 fully saturated rings. The van der Waals surface area contributed by atoms with Crippen molar-refractivity contribution < 1.29 is 9.53 Å². The lowest BCUT2D eigenvalue weighted by molar-refractivity contribution is -0.131. The van der Waals surface area contributed by atoms with Crippen molar-refractivity contribution >= 4 is 16.9 Å². The van der Waals surface area contributed by atoms with Crippen molar-refractivity contribution in [1.29, 1.82) is 0 Å². The van der Waals surface area contributed by atoms with E-state index in [4.69, 9.17) is 4.74 Å². The van der Waals surface area contributed by atoms with Crippen LogP contribution in [0.1, 0.15) is 23.5 Å². The first-order valence-corrected chi connectivity index (χ1v) is 10.5. The van der Waals surface area contributed by atoms with Crippen LogP contribution in [0.3, 0.4) is 0 Å². The fourth-order valence-electron chi connectivity index (χ4n) is 4.14. The average molecular weight is 409 g/mol. The number of nitrogens with zero attached hydrogens (tertiary/aromatic N) is 3. The molecule has 5 rings (SSSR count). The molecule has 5 nitrogen and oxygen atoms in total. The topological polar surface area (TPSA) is 55.3 Å². The van der Waals surface area contributed by atoms with Crippen LogP contribution in [-0.4, -0.2) is 40.0 Å². The number of carbonyl (C=O) groups excluding carboxylic acids is 1. The average Bonchev–Trinajstić information content (AvgIpc) is 3.29. The summed E-state index contributed by atoms with van der Waals surface area (Å²) in [5, 5.41) is 0. The van der Waals surface area contributed by atoms with Crippen LogP contribution in [0.5, 0.6) is 5.88 Å². The lowest BCUT2D eigenvalue weighted by Crippen LogP contribution is -2.35. The smallest absolute Gasteiger partial charge is 0.234 e. The van der Waals surface area contributed by atoms with Crippen LogP contribution in [0, 0.1) is 0 Å². The van der Waals surface area contributed by atoms with Crippen molar-refractivity contribution in [3.05, 3.63) is 102 Å². The number of hydrogen-bond acceptors (Lipinski definition) is 4. The number of carbonyl (C=O) groups is 1. The molecule has 0 aliphatic carbocycles. The molecule has 1 atom stereocenters. The fraction of sp³-hybridized carbons (Fsp3) is 0.192. The molecule has 0 saturated carbocycles. The van der Waals surface area contributed by atoms with Gasteiger partial charge in [0.05, 0.1) is 29.7 Å². The minimum atomic E-state index is -0.318. The molecule has 3 aromatic carbocycles. The van der Waals surface area contributed by atoms with Gasteiger partial charge >= 0.3 is 0 Å². The number of ether oxygens (including phenoxy) is 1. The summed E-state index contributed by atoms with van der Waals surface area (Å²) in [6, 6.07) is 27.7. The highest BCUT2D eigenvalue weighted by atomic mass is 16.5. The number of aromatic nitrogens is 2. The Balaban J connectivity index is 1.33. The van der Waals surface area contributed by atoms with E-state index < -0.39 is 0 Å². The Labute approximate surface area is 181 Å². The molecule has 31 heavy (non-hydrogen) atoms. The molecule has 154 valence electrons. The molecular weight excluding hydrogens is 386 g/mol. The van der Waals surface area contributed by atoms with E-state index in [1.807, 2.05) is 89.8 Å². The fourth-order valence-corrected chi connectivity index (χ4v) is 4.14. The molecule has 1 aromatic heterocycles. The minimum absolute atomic E-state index is 0.0911. The maximum Gasteiger partial charge on any atom is 0.234 e. The summed E-state index contributed by atoms with van der Waals surface area (Å²) in [5.74, 6) is 0.287. The van der Waals surface area contributed by atoms with E-state index in [2.05, 4.69) is 9.97 Å². The predicted octanol–water partition coefficient (Wildman–Crippen LogP) is 4.44. The minimum Gasteiger partial charge on any atom is -0.471 e. The van der Waals surface area contributed by atoms with Crippen molar-refractivity contribution in [3.63, 3.8) is 0 Å². The van der Waals surface area contributed by atoms with Crippen LogP contribution in [-0.2, 0) is 4.79 Å². The van der Waals surface area contributed by atoms with Crippen LogP contribution in [0.2, 0.25) is 0 Å². The number of para-hydroxylation sites is 2. The van der Waals surface area contributed by atoms with Gasteiger partial charge in [-0.15, -0.1) is 0 Å². The summed E-state index contributed by atoms with van der Waals surface area (Å²) in [6.45, 7) is 1.21. The Hall–Kier alpha value is -3.73. The number of benzene rings is 3. The first-order valence-electron chi connectivity index (χ1n) is 10.5. The summed E-state index contributed by atoms with van der Waals surface area (Å²) in [4.78, 5) is 24.4. The van der Waals surface area contributed by atoms with Crippen molar-refractivity contribution in [2.45, 2.75) is 18.4 Å². The Morgan fingerprint density at radius 3 is 2.16 bits per heavy atom. The summed E-state index contributed by atoms with van der Waals surface area (Å²) < 4.78 is 6.09. The number of fused-ring (bicyclic) bond motifs is 1. The van der Waals surface area contributed by atoms with E-state index in [1.54, 1.807) is 6.20 Å². The second-order valence-electron chi connectivity index (χ2n) is 7.76. The number of amides is 1. The third-order valence-electron chi connectivity index (χ3n) is 5.68. The van der Waals surface area contributed by atoms with Crippen molar-refractivity contribution in [3.8, 4) is 5.88 Å². The van der Waals surface area contributed by atoms with Crippen molar-refractivity contribution in [1.82, 2.24) is 14.9 Å². The van der Waals surface area contributed by atoms with Crippen LogP contribution in [0.25, 0.3) is 11.0 Å². The van der Waals surface area contributed by atoms with Gasteiger partial charge in [0.1, 0.15) is 6.10 Å². The van der Waals surface area contributed by atoms with Crippen LogP contribution >= 0.6 is 0 Å². The number of hydrogen-bond donors (Lipinski definition) is 0. The standard InChI is InChI=1S/C26H23N3O2/c30-26(25(19-9-3-1-4-10-19)20-11-5-2-6-12-20)29-16-15-21(18-29)31-24-17-27-22-13-7-8-14-23(22)28-24/h1-14,17,21,25H,15-16,18H2. The van der Waals surface area contributed by atoms with Gasteiger partial charge in [0.15, 0.2) is 0 Å². The van der Waals surface area contributed by atoms with Crippen molar-refractivity contribution in [2.75, 3.05) is 13.1 Å². The first-order chi connectivity index (χ1) is 15.3. The Kier molecular flexibility index (Phi) is 5.31. The predicted molar refractivity (Wildman–Crippen MR) is 120 cm³/mol. The normalized spacial score (nSPS) is 16.0. The first kappa shape index (κ1) is 19.2. The maximum atomic E-state index is 13.6. The molecule has 0 N–H and O–H groups in total. The maximum absolute atomic E-state index is 13.6. The highest BCUT2D eigenvalue weighted by Gasteiger charge is 2.33. The van der Waals surface area contributed by atoms with Crippen LogP contribution in [0.15, 0.2) is 91.1 Å². The van der Waals surface area contributed by atoms with E-state index in [0.717, 1.165) is 28.6 Å².